The molecule has 0 saturated carbocycles. The van der Waals surface area contributed by atoms with Crippen LogP contribution in [0.25, 0.3) is 0 Å². The number of nitrogens with zero attached hydrogens (tertiary/aromatic N) is 2. The van der Waals surface area contributed by atoms with E-state index in [0.29, 0.717) is 5.03 Å². The largest absolute Gasteiger partial charge is 0.468 e. The third-order valence-electron chi connectivity index (χ3n) is 1.71. The first-order chi connectivity index (χ1) is 8.06. The molecule has 0 aliphatic heterocycles. The summed E-state index contributed by atoms with van der Waals surface area (Å²) in [7, 11) is 1.26. The second kappa shape index (κ2) is 6.01. The number of methoxy groups -OCH3 is 1. The summed E-state index contributed by atoms with van der Waals surface area (Å²) in [5, 5.41) is 10.9. The Kier molecular flexibility index (Phi) is 4.67. The number of nitrogens with two attached hydrogens (primary N) is 1. The summed E-state index contributed by atoms with van der Waals surface area (Å²) >= 11 is 1.03. The Labute approximate surface area is 101 Å². The van der Waals surface area contributed by atoms with E-state index in [1.807, 2.05) is 0 Å². The first kappa shape index (κ1) is 13.2. The van der Waals surface area contributed by atoms with E-state index in [-0.39, 0.29) is 17.3 Å². The van der Waals surface area contributed by atoms with Gasteiger partial charge in [0, 0.05) is 6.07 Å². The van der Waals surface area contributed by atoms with Crippen LogP contribution in [0.4, 0.5) is 11.5 Å². The van der Waals surface area contributed by atoms with E-state index >= 15 is 0 Å². The molecular weight excluding hydrogens is 248 g/mol. The lowest BCUT2D eigenvalue weighted by Gasteiger charge is -2.03. The number of anilines is 1. The summed E-state index contributed by atoms with van der Waals surface area (Å²) in [4.78, 5) is 24.9. The average molecular weight is 258 g/mol. The van der Waals surface area contributed by atoms with Gasteiger partial charge < -0.3 is 10.2 Å². The van der Waals surface area contributed by atoms with E-state index in [4.69, 9.17) is 5.84 Å². The van der Waals surface area contributed by atoms with Gasteiger partial charge in [-0.1, -0.05) is 11.8 Å². The molecule has 0 spiro atoms. The zero-order chi connectivity index (χ0) is 12.8. The molecule has 3 N–H and O–H groups in total. The number of rotatable bonds is 5. The van der Waals surface area contributed by atoms with Gasteiger partial charge in [-0.2, -0.15) is 0 Å². The highest BCUT2D eigenvalue weighted by Gasteiger charge is 2.12. The lowest BCUT2D eigenvalue weighted by atomic mass is 10.4. The summed E-state index contributed by atoms with van der Waals surface area (Å²) in [6.45, 7) is 0. The van der Waals surface area contributed by atoms with Crippen LogP contribution in [0.1, 0.15) is 0 Å². The van der Waals surface area contributed by atoms with E-state index in [1.54, 1.807) is 0 Å². The smallest absolute Gasteiger partial charge is 0.316 e. The third-order valence-corrected chi connectivity index (χ3v) is 2.60. The number of esters is 1. The zero-order valence-corrected chi connectivity index (χ0v) is 9.69. The minimum atomic E-state index is -0.565. The number of aromatic nitrogens is 1. The number of pyridine rings is 1. The van der Waals surface area contributed by atoms with Crippen molar-refractivity contribution < 1.29 is 14.5 Å². The number of nitrogens with one attached hydrogen (secondary N) is 1. The van der Waals surface area contributed by atoms with Crippen LogP contribution in [0.2, 0.25) is 0 Å². The molecule has 0 amide bonds. The molecule has 0 saturated heterocycles. The van der Waals surface area contributed by atoms with Crippen LogP contribution >= 0.6 is 11.8 Å². The summed E-state index contributed by atoms with van der Waals surface area (Å²) < 4.78 is 4.44. The van der Waals surface area contributed by atoms with Crippen molar-refractivity contribution in [3.05, 3.63) is 22.2 Å². The molecule has 0 aliphatic rings. The molecule has 0 unspecified atom stereocenters. The predicted molar refractivity (Wildman–Crippen MR) is 61.4 cm³/mol. The van der Waals surface area contributed by atoms with Crippen LogP contribution < -0.4 is 11.3 Å². The van der Waals surface area contributed by atoms with Crippen molar-refractivity contribution in [3.63, 3.8) is 0 Å². The SMILES string of the molecule is COC(=O)CSc1cc([N+](=O)[O-])cc(NN)n1. The van der Waals surface area contributed by atoms with Crippen LogP contribution in [0.15, 0.2) is 17.2 Å². The van der Waals surface area contributed by atoms with Gasteiger partial charge in [0.25, 0.3) is 5.69 Å². The molecular formula is C8H10N4O4S. The van der Waals surface area contributed by atoms with Gasteiger partial charge >= 0.3 is 5.97 Å². The molecule has 0 aromatic carbocycles. The van der Waals surface area contributed by atoms with Crippen LogP contribution in [0, 0.1) is 10.1 Å². The van der Waals surface area contributed by atoms with Crippen molar-refractivity contribution in [2.75, 3.05) is 18.3 Å². The highest BCUT2D eigenvalue weighted by molar-refractivity contribution is 7.99. The van der Waals surface area contributed by atoms with Gasteiger partial charge in [-0.3, -0.25) is 14.9 Å². The Morgan fingerprint density at radius 2 is 2.41 bits per heavy atom. The predicted octanol–water partition coefficient (Wildman–Crippen LogP) is 0.540. The molecule has 0 fully saturated rings. The molecule has 0 bridgehead atoms. The van der Waals surface area contributed by atoms with Gasteiger partial charge in [0.15, 0.2) is 0 Å². The van der Waals surface area contributed by atoms with Crippen LogP contribution in [0.3, 0.4) is 0 Å². The molecule has 1 aromatic heterocycles. The molecule has 9 heteroatoms. The van der Waals surface area contributed by atoms with Crippen molar-refractivity contribution in [2.45, 2.75) is 5.03 Å². The molecule has 0 radical (unpaired) electrons. The van der Waals surface area contributed by atoms with Gasteiger partial charge in [0.1, 0.15) is 10.8 Å². The summed E-state index contributed by atoms with van der Waals surface area (Å²) in [6, 6.07) is 2.46. The van der Waals surface area contributed by atoms with Gasteiger partial charge in [-0.15, -0.1) is 0 Å². The molecule has 0 atom stereocenters. The third kappa shape index (κ3) is 3.89. The molecule has 1 rings (SSSR count). The number of hydrogen-bond donors (Lipinski definition) is 2. The van der Waals surface area contributed by atoms with Crippen LogP contribution in [-0.2, 0) is 9.53 Å². The molecule has 92 valence electrons. The molecule has 1 heterocycles. The number of thioether (sulfide) groups is 1. The fraction of sp³-hybridized carbons (Fsp3) is 0.250. The number of nitrogen functional groups attached to an aromatic ring is 1. The second-order valence-electron chi connectivity index (χ2n) is 2.82. The number of carbonyl (C=O) groups excluding carboxylic acids is 1. The van der Waals surface area contributed by atoms with E-state index in [9.17, 15) is 14.9 Å². The van der Waals surface area contributed by atoms with E-state index in [1.165, 1.54) is 19.2 Å². The van der Waals surface area contributed by atoms with Gasteiger partial charge in [-0.25, -0.2) is 10.8 Å². The van der Waals surface area contributed by atoms with E-state index in [2.05, 4.69) is 15.1 Å². The molecule has 17 heavy (non-hydrogen) atoms. The van der Waals surface area contributed by atoms with Crippen molar-refractivity contribution >= 4 is 29.2 Å². The number of hydrogen-bond acceptors (Lipinski definition) is 8. The normalized spacial score (nSPS) is 9.76. The minimum absolute atomic E-state index is 0.0225. The Balaban J connectivity index is 2.87. The monoisotopic (exact) mass is 258 g/mol. The maximum Gasteiger partial charge on any atom is 0.316 e. The Morgan fingerprint density at radius 3 is 2.94 bits per heavy atom. The van der Waals surface area contributed by atoms with E-state index < -0.39 is 10.9 Å². The van der Waals surface area contributed by atoms with Gasteiger partial charge in [0.05, 0.1) is 23.9 Å². The van der Waals surface area contributed by atoms with Crippen molar-refractivity contribution in [1.82, 2.24) is 4.98 Å². The van der Waals surface area contributed by atoms with Crippen LogP contribution in [-0.4, -0.2) is 28.7 Å². The van der Waals surface area contributed by atoms with Gasteiger partial charge in [-0.05, 0) is 0 Å². The lowest BCUT2D eigenvalue weighted by Crippen LogP contribution is -2.09. The minimum Gasteiger partial charge on any atom is -0.468 e. The fourth-order valence-corrected chi connectivity index (χ4v) is 1.69. The highest BCUT2D eigenvalue weighted by Crippen LogP contribution is 2.24. The van der Waals surface area contributed by atoms with Crippen molar-refractivity contribution in [1.29, 1.82) is 0 Å². The standard InChI is InChI=1S/C8H10N4O4S/c1-16-8(13)4-17-7-3-5(12(14)15)2-6(10-7)11-9/h2-3H,4,9H2,1H3,(H,10,11). The average Bonchev–Trinajstić information content (AvgIpc) is 2.35. The quantitative estimate of drug-likeness (QED) is 0.258. The second-order valence-corrected chi connectivity index (χ2v) is 3.81. The summed E-state index contributed by atoms with van der Waals surface area (Å²) in [5.74, 6) is 4.88. The Bertz CT molecular complexity index is 440. The maximum atomic E-state index is 10.9. The highest BCUT2D eigenvalue weighted by atomic mass is 32.2. The number of hydrazine groups is 1. The lowest BCUT2D eigenvalue weighted by molar-refractivity contribution is -0.385. The summed E-state index contributed by atoms with van der Waals surface area (Å²) in [6.07, 6.45) is 0. The first-order valence-corrected chi connectivity index (χ1v) is 5.38. The Hall–Kier alpha value is -1.87. The summed E-state index contributed by atoms with van der Waals surface area (Å²) in [5.41, 5.74) is 2.07. The van der Waals surface area contributed by atoms with Crippen molar-refractivity contribution in [2.24, 2.45) is 5.84 Å². The van der Waals surface area contributed by atoms with Crippen LogP contribution in [0.5, 0.6) is 0 Å². The van der Waals surface area contributed by atoms with Crippen molar-refractivity contribution in [3.8, 4) is 0 Å². The number of ether oxygens (including phenoxy) is 1. The van der Waals surface area contributed by atoms with Gasteiger partial charge in [0.2, 0.25) is 0 Å². The topological polar surface area (TPSA) is 120 Å². The number of nitro groups is 1. The molecule has 8 nitrogen and oxygen atoms in total. The fourth-order valence-electron chi connectivity index (χ4n) is 0.937. The molecule has 1 aromatic rings. The zero-order valence-electron chi connectivity index (χ0n) is 8.87. The number of carbonyl (C=O) groups is 1. The Morgan fingerprint density at radius 1 is 1.71 bits per heavy atom. The van der Waals surface area contributed by atoms with E-state index in [0.717, 1.165) is 11.8 Å². The molecule has 0 aliphatic carbocycles. The first-order valence-electron chi connectivity index (χ1n) is 4.39. The maximum absolute atomic E-state index is 10.9.